The van der Waals surface area contributed by atoms with Gasteiger partial charge in [-0.1, -0.05) is 42.7 Å². The van der Waals surface area contributed by atoms with E-state index in [0.29, 0.717) is 11.3 Å². The van der Waals surface area contributed by atoms with Gasteiger partial charge in [0.05, 0.1) is 23.1 Å². The van der Waals surface area contributed by atoms with E-state index in [1.165, 1.54) is 4.90 Å². The Bertz CT molecular complexity index is 879. The second-order valence-electron chi connectivity index (χ2n) is 7.23. The van der Waals surface area contributed by atoms with E-state index < -0.39 is 5.97 Å². The van der Waals surface area contributed by atoms with E-state index in [9.17, 15) is 14.4 Å². The Morgan fingerprint density at radius 3 is 2.15 bits per heavy atom. The van der Waals surface area contributed by atoms with Crippen molar-refractivity contribution in [2.45, 2.75) is 32.6 Å². The number of carbonyl (C=O) groups excluding carboxylic acids is 3. The molecule has 2 aromatic rings. The zero-order valence-electron chi connectivity index (χ0n) is 15.2. The molecular formula is C22H21NO4. The highest BCUT2D eigenvalue weighted by atomic mass is 16.5. The SMILES string of the molecule is Cc1ccc(C(=O)Oc2ccccc2N2C(=O)[C@@H]3CCCC[C@H]3C2=O)cc1. The van der Waals surface area contributed by atoms with E-state index in [1.807, 2.05) is 19.1 Å². The van der Waals surface area contributed by atoms with Crippen molar-refractivity contribution in [3.8, 4) is 5.75 Å². The van der Waals surface area contributed by atoms with Gasteiger partial charge in [0.25, 0.3) is 0 Å². The summed E-state index contributed by atoms with van der Waals surface area (Å²) in [4.78, 5) is 39.4. The van der Waals surface area contributed by atoms with Crippen LogP contribution in [-0.4, -0.2) is 17.8 Å². The first-order chi connectivity index (χ1) is 13.1. The molecule has 1 aliphatic heterocycles. The van der Waals surface area contributed by atoms with Crippen LogP contribution in [0.25, 0.3) is 0 Å². The van der Waals surface area contributed by atoms with Crippen molar-refractivity contribution in [1.82, 2.24) is 0 Å². The van der Waals surface area contributed by atoms with Crippen molar-refractivity contribution in [2.24, 2.45) is 11.8 Å². The van der Waals surface area contributed by atoms with Crippen LogP contribution >= 0.6 is 0 Å². The van der Waals surface area contributed by atoms with E-state index in [-0.39, 0.29) is 29.4 Å². The molecule has 0 aromatic heterocycles. The molecule has 2 aliphatic rings. The van der Waals surface area contributed by atoms with Crippen LogP contribution in [0, 0.1) is 18.8 Å². The van der Waals surface area contributed by atoms with Crippen LogP contribution in [0.15, 0.2) is 48.5 Å². The van der Waals surface area contributed by atoms with Gasteiger partial charge in [0, 0.05) is 0 Å². The summed E-state index contributed by atoms with van der Waals surface area (Å²) in [7, 11) is 0. The quantitative estimate of drug-likeness (QED) is 0.471. The van der Waals surface area contributed by atoms with Gasteiger partial charge in [0.1, 0.15) is 0 Å². The van der Waals surface area contributed by atoms with E-state index >= 15 is 0 Å². The Balaban J connectivity index is 1.63. The molecule has 2 fully saturated rings. The van der Waals surface area contributed by atoms with Gasteiger partial charge in [-0.3, -0.25) is 9.59 Å². The molecule has 0 spiro atoms. The number of rotatable bonds is 3. The highest BCUT2D eigenvalue weighted by molar-refractivity contribution is 6.22. The summed E-state index contributed by atoms with van der Waals surface area (Å²) in [5, 5.41) is 0. The van der Waals surface area contributed by atoms with E-state index in [2.05, 4.69) is 0 Å². The van der Waals surface area contributed by atoms with Crippen LogP contribution in [0.4, 0.5) is 5.69 Å². The normalized spacial score (nSPS) is 21.9. The number of anilines is 1. The number of carbonyl (C=O) groups is 3. The minimum absolute atomic E-state index is 0.177. The lowest BCUT2D eigenvalue weighted by Gasteiger charge is -2.19. The van der Waals surface area contributed by atoms with Gasteiger partial charge in [-0.05, 0) is 44.0 Å². The number of hydrogen-bond donors (Lipinski definition) is 0. The molecule has 0 bridgehead atoms. The van der Waals surface area contributed by atoms with Gasteiger partial charge in [-0.15, -0.1) is 0 Å². The highest BCUT2D eigenvalue weighted by Crippen LogP contribution is 2.42. The Kier molecular flexibility index (Phi) is 4.52. The zero-order valence-corrected chi connectivity index (χ0v) is 15.2. The Labute approximate surface area is 157 Å². The number of ether oxygens (including phenoxy) is 1. The highest BCUT2D eigenvalue weighted by Gasteiger charge is 2.49. The van der Waals surface area contributed by atoms with Crippen LogP contribution in [0.3, 0.4) is 0 Å². The molecule has 0 N–H and O–H groups in total. The van der Waals surface area contributed by atoms with E-state index in [4.69, 9.17) is 4.74 Å². The number of aryl methyl sites for hydroxylation is 1. The van der Waals surface area contributed by atoms with Gasteiger partial charge in [-0.25, -0.2) is 9.69 Å². The third-order valence-electron chi connectivity index (χ3n) is 5.44. The van der Waals surface area contributed by atoms with Crippen molar-refractivity contribution >= 4 is 23.5 Å². The van der Waals surface area contributed by atoms with E-state index in [0.717, 1.165) is 31.2 Å². The summed E-state index contributed by atoms with van der Waals surface area (Å²) in [5.74, 6) is -1.13. The maximum atomic E-state index is 12.9. The molecule has 1 heterocycles. The summed E-state index contributed by atoms with van der Waals surface area (Å²) in [5.41, 5.74) is 1.81. The standard InChI is InChI=1S/C22H21NO4/c1-14-10-12-15(13-11-14)22(26)27-19-9-5-4-8-18(19)23-20(24)16-6-2-3-7-17(16)21(23)25/h4-5,8-13,16-17H,2-3,6-7H2,1H3/t16-,17-/m1/s1. The predicted molar refractivity (Wildman–Crippen MR) is 101 cm³/mol. The number of fused-ring (bicyclic) bond motifs is 1. The van der Waals surface area contributed by atoms with Crippen molar-refractivity contribution in [1.29, 1.82) is 0 Å². The second-order valence-corrected chi connectivity index (χ2v) is 7.23. The van der Waals surface area contributed by atoms with Crippen LogP contribution in [0.5, 0.6) is 5.75 Å². The molecule has 2 aromatic carbocycles. The van der Waals surface area contributed by atoms with Crippen molar-refractivity contribution < 1.29 is 19.1 Å². The summed E-state index contributed by atoms with van der Waals surface area (Å²) in [6.45, 7) is 1.94. The van der Waals surface area contributed by atoms with Gasteiger partial charge in [-0.2, -0.15) is 0 Å². The van der Waals surface area contributed by atoms with Crippen molar-refractivity contribution in [3.63, 3.8) is 0 Å². The van der Waals surface area contributed by atoms with Gasteiger partial charge in [0.15, 0.2) is 5.75 Å². The number of amides is 2. The van der Waals surface area contributed by atoms with E-state index in [1.54, 1.807) is 36.4 Å². The Morgan fingerprint density at radius 1 is 0.926 bits per heavy atom. The van der Waals surface area contributed by atoms with Gasteiger partial charge < -0.3 is 4.74 Å². The average Bonchev–Trinajstić information content (AvgIpc) is 2.94. The number of imide groups is 1. The lowest BCUT2D eigenvalue weighted by molar-refractivity contribution is -0.122. The molecular weight excluding hydrogens is 342 g/mol. The predicted octanol–water partition coefficient (Wildman–Crippen LogP) is 3.89. The second kappa shape index (κ2) is 6.99. The van der Waals surface area contributed by atoms with Gasteiger partial charge in [0.2, 0.25) is 11.8 Å². The first-order valence-electron chi connectivity index (χ1n) is 9.32. The Hall–Kier alpha value is -2.95. The molecule has 1 saturated carbocycles. The smallest absolute Gasteiger partial charge is 0.343 e. The topological polar surface area (TPSA) is 63.7 Å². The fourth-order valence-corrected chi connectivity index (χ4v) is 3.98. The molecule has 5 nitrogen and oxygen atoms in total. The molecule has 4 rings (SSSR count). The number of hydrogen-bond acceptors (Lipinski definition) is 4. The maximum Gasteiger partial charge on any atom is 0.343 e. The third-order valence-corrected chi connectivity index (χ3v) is 5.44. The molecule has 5 heteroatoms. The van der Waals surface area contributed by atoms with Crippen LogP contribution in [0.2, 0.25) is 0 Å². The lowest BCUT2D eigenvalue weighted by Crippen LogP contribution is -2.31. The number of esters is 1. The van der Waals surface area contributed by atoms with Crippen molar-refractivity contribution in [3.05, 3.63) is 59.7 Å². The third kappa shape index (κ3) is 3.14. The molecule has 1 aliphatic carbocycles. The number of benzene rings is 2. The maximum absolute atomic E-state index is 12.9. The molecule has 2 atom stereocenters. The molecule has 27 heavy (non-hydrogen) atoms. The molecule has 1 saturated heterocycles. The van der Waals surface area contributed by atoms with Crippen molar-refractivity contribution in [2.75, 3.05) is 4.90 Å². The largest absolute Gasteiger partial charge is 0.421 e. The first kappa shape index (κ1) is 17.5. The summed E-state index contributed by atoms with van der Waals surface area (Å²) >= 11 is 0. The fraction of sp³-hybridized carbons (Fsp3) is 0.318. The zero-order chi connectivity index (χ0) is 19.0. The monoisotopic (exact) mass is 363 g/mol. The molecule has 2 amide bonds. The summed E-state index contributed by atoms with van der Waals surface area (Å²) in [6, 6.07) is 13.8. The number of nitrogens with zero attached hydrogens (tertiary/aromatic N) is 1. The molecule has 0 unspecified atom stereocenters. The number of para-hydroxylation sites is 2. The molecule has 0 radical (unpaired) electrons. The van der Waals surface area contributed by atoms with Crippen LogP contribution < -0.4 is 9.64 Å². The lowest BCUT2D eigenvalue weighted by atomic mass is 9.81. The van der Waals surface area contributed by atoms with Gasteiger partial charge >= 0.3 is 5.97 Å². The summed E-state index contributed by atoms with van der Waals surface area (Å²) in [6.07, 6.45) is 3.43. The average molecular weight is 363 g/mol. The molecule has 138 valence electrons. The minimum Gasteiger partial charge on any atom is -0.421 e. The first-order valence-corrected chi connectivity index (χ1v) is 9.32. The Morgan fingerprint density at radius 2 is 1.52 bits per heavy atom. The summed E-state index contributed by atoms with van der Waals surface area (Å²) < 4.78 is 5.55. The fourth-order valence-electron chi connectivity index (χ4n) is 3.98. The van der Waals surface area contributed by atoms with Crippen LogP contribution in [0.1, 0.15) is 41.6 Å². The van der Waals surface area contributed by atoms with Crippen LogP contribution in [-0.2, 0) is 9.59 Å². The minimum atomic E-state index is -0.515.